The Kier molecular flexibility index (Phi) is 3.71. The molecule has 1 amide bonds. The van der Waals surface area contributed by atoms with Crippen molar-refractivity contribution in [1.82, 2.24) is 4.90 Å². The number of fused-ring (bicyclic) bond motifs is 2. The molecule has 0 aromatic heterocycles. The third-order valence-electron chi connectivity index (χ3n) is 5.38. The van der Waals surface area contributed by atoms with E-state index in [4.69, 9.17) is 0 Å². The summed E-state index contributed by atoms with van der Waals surface area (Å²) in [4.78, 5) is 26.2. The van der Waals surface area contributed by atoms with E-state index in [1.54, 1.807) is 0 Å². The molecule has 1 N–H and O–H groups in total. The van der Waals surface area contributed by atoms with E-state index < -0.39 is 5.97 Å². The Hall–Kier alpha value is -1.84. The van der Waals surface area contributed by atoms with Crippen LogP contribution in [-0.2, 0) is 11.2 Å². The molecule has 3 unspecified atom stereocenters. The van der Waals surface area contributed by atoms with Gasteiger partial charge in [0.1, 0.15) is 0 Å². The SMILES string of the molecule is CCc1ccc(C(=O)N2C3CCC2(C)CC(C(=O)O)C3)cc1. The van der Waals surface area contributed by atoms with Crippen LogP contribution in [0.4, 0.5) is 0 Å². The minimum Gasteiger partial charge on any atom is -0.481 e. The van der Waals surface area contributed by atoms with E-state index in [0.29, 0.717) is 18.4 Å². The molecule has 4 nitrogen and oxygen atoms in total. The first-order valence-corrected chi connectivity index (χ1v) is 8.10. The number of carboxylic acid groups (broad SMARTS) is 1. The van der Waals surface area contributed by atoms with Gasteiger partial charge >= 0.3 is 5.97 Å². The van der Waals surface area contributed by atoms with E-state index >= 15 is 0 Å². The number of carboxylic acids is 1. The highest BCUT2D eigenvalue weighted by Crippen LogP contribution is 2.46. The number of hydrogen-bond acceptors (Lipinski definition) is 2. The highest BCUT2D eigenvalue weighted by atomic mass is 16.4. The summed E-state index contributed by atoms with van der Waals surface area (Å²) in [6, 6.07) is 7.86. The van der Waals surface area contributed by atoms with Crippen molar-refractivity contribution in [2.45, 2.75) is 57.5 Å². The summed E-state index contributed by atoms with van der Waals surface area (Å²) in [5.41, 5.74) is 1.62. The topological polar surface area (TPSA) is 57.6 Å². The van der Waals surface area contributed by atoms with Gasteiger partial charge in [-0.2, -0.15) is 0 Å². The van der Waals surface area contributed by atoms with Gasteiger partial charge in [0.25, 0.3) is 5.91 Å². The predicted octanol–water partition coefficient (Wildman–Crippen LogP) is 3.11. The third-order valence-corrected chi connectivity index (χ3v) is 5.38. The summed E-state index contributed by atoms with van der Waals surface area (Å²) in [5.74, 6) is -0.988. The molecule has 2 aliphatic rings. The Morgan fingerprint density at radius 3 is 2.55 bits per heavy atom. The summed E-state index contributed by atoms with van der Waals surface area (Å²) >= 11 is 0. The Labute approximate surface area is 131 Å². The number of carbonyl (C=O) groups excluding carboxylic acids is 1. The molecule has 118 valence electrons. The lowest BCUT2D eigenvalue weighted by atomic mass is 9.82. The van der Waals surface area contributed by atoms with Gasteiger partial charge in [0.15, 0.2) is 0 Å². The second kappa shape index (κ2) is 5.41. The van der Waals surface area contributed by atoms with Gasteiger partial charge in [0, 0.05) is 17.1 Å². The Morgan fingerprint density at radius 1 is 1.32 bits per heavy atom. The highest BCUT2D eigenvalue weighted by Gasteiger charge is 2.52. The van der Waals surface area contributed by atoms with Gasteiger partial charge in [-0.05, 0) is 56.7 Å². The second-order valence-corrected chi connectivity index (χ2v) is 6.89. The highest BCUT2D eigenvalue weighted by molar-refractivity contribution is 5.95. The maximum atomic E-state index is 12.9. The van der Waals surface area contributed by atoms with Crippen molar-refractivity contribution in [3.63, 3.8) is 0 Å². The zero-order chi connectivity index (χ0) is 15.9. The number of carbonyl (C=O) groups is 2. The lowest BCUT2D eigenvalue weighted by Gasteiger charge is -2.45. The second-order valence-electron chi connectivity index (χ2n) is 6.89. The van der Waals surface area contributed by atoms with Crippen molar-refractivity contribution in [2.24, 2.45) is 5.92 Å². The van der Waals surface area contributed by atoms with Gasteiger partial charge in [-0.1, -0.05) is 19.1 Å². The normalized spacial score (nSPS) is 30.4. The number of aliphatic carboxylic acids is 1. The minimum absolute atomic E-state index is 0.0523. The number of rotatable bonds is 3. The molecule has 0 aliphatic carbocycles. The molecule has 2 fully saturated rings. The van der Waals surface area contributed by atoms with Crippen LogP contribution in [0.25, 0.3) is 0 Å². The summed E-state index contributed by atoms with van der Waals surface area (Å²) in [6.45, 7) is 4.13. The molecule has 1 aromatic carbocycles. The zero-order valence-electron chi connectivity index (χ0n) is 13.2. The molecule has 22 heavy (non-hydrogen) atoms. The molecule has 2 aliphatic heterocycles. The third kappa shape index (κ3) is 2.40. The van der Waals surface area contributed by atoms with E-state index in [1.807, 2.05) is 36.1 Å². The Bertz CT molecular complexity index is 595. The van der Waals surface area contributed by atoms with Crippen molar-refractivity contribution in [3.8, 4) is 0 Å². The number of hydrogen-bond donors (Lipinski definition) is 1. The fraction of sp³-hybridized carbons (Fsp3) is 0.556. The van der Waals surface area contributed by atoms with E-state index in [-0.39, 0.29) is 23.4 Å². The van der Waals surface area contributed by atoms with Crippen molar-refractivity contribution in [2.75, 3.05) is 0 Å². The number of benzene rings is 1. The smallest absolute Gasteiger partial charge is 0.306 e. The van der Waals surface area contributed by atoms with E-state index in [0.717, 1.165) is 19.3 Å². The van der Waals surface area contributed by atoms with E-state index in [2.05, 4.69) is 6.92 Å². The van der Waals surface area contributed by atoms with Gasteiger partial charge in [0.05, 0.1) is 5.92 Å². The molecular formula is C18H23NO3. The van der Waals surface area contributed by atoms with Crippen LogP contribution >= 0.6 is 0 Å². The molecule has 3 rings (SSSR count). The van der Waals surface area contributed by atoms with E-state index in [1.165, 1.54) is 5.56 Å². The summed E-state index contributed by atoms with van der Waals surface area (Å²) < 4.78 is 0. The average molecular weight is 301 g/mol. The fourth-order valence-corrected chi connectivity index (χ4v) is 4.16. The van der Waals surface area contributed by atoms with Crippen molar-refractivity contribution < 1.29 is 14.7 Å². The lowest BCUT2D eigenvalue weighted by molar-refractivity contribution is -0.145. The minimum atomic E-state index is -0.725. The molecule has 0 radical (unpaired) electrons. The van der Waals surface area contributed by atoms with Gasteiger partial charge in [-0.3, -0.25) is 9.59 Å². The maximum absolute atomic E-state index is 12.9. The largest absolute Gasteiger partial charge is 0.481 e. The van der Waals surface area contributed by atoms with Crippen LogP contribution in [0.1, 0.15) is 55.5 Å². The first-order valence-electron chi connectivity index (χ1n) is 8.10. The van der Waals surface area contributed by atoms with Gasteiger partial charge in [-0.15, -0.1) is 0 Å². The fourth-order valence-electron chi connectivity index (χ4n) is 4.16. The molecule has 3 atom stereocenters. The van der Waals surface area contributed by atoms with Gasteiger partial charge in [-0.25, -0.2) is 0 Å². The van der Waals surface area contributed by atoms with Crippen molar-refractivity contribution in [1.29, 1.82) is 0 Å². The lowest BCUT2D eigenvalue weighted by Crippen LogP contribution is -2.54. The molecule has 0 spiro atoms. The zero-order valence-corrected chi connectivity index (χ0v) is 13.2. The molecular weight excluding hydrogens is 278 g/mol. The number of amides is 1. The van der Waals surface area contributed by atoms with Crippen LogP contribution in [0.2, 0.25) is 0 Å². The molecule has 0 saturated carbocycles. The van der Waals surface area contributed by atoms with Crippen molar-refractivity contribution in [3.05, 3.63) is 35.4 Å². The molecule has 2 bridgehead atoms. The van der Waals surface area contributed by atoms with Gasteiger partial charge < -0.3 is 10.0 Å². The van der Waals surface area contributed by atoms with Crippen LogP contribution in [-0.4, -0.2) is 33.5 Å². The predicted molar refractivity (Wildman–Crippen MR) is 83.8 cm³/mol. The molecule has 2 heterocycles. The average Bonchev–Trinajstić information content (AvgIpc) is 2.71. The molecule has 1 aromatic rings. The first kappa shape index (κ1) is 15.1. The van der Waals surface area contributed by atoms with E-state index in [9.17, 15) is 14.7 Å². The summed E-state index contributed by atoms with van der Waals surface area (Å²) in [5, 5.41) is 9.31. The van der Waals surface area contributed by atoms with Crippen molar-refractivity contribution >= 4 is 11.9 Å². The number of piperidine rings is 1. The van der Waals surface area contributed by atoms with Crippen LogP contribution in [0.5, 0.6) is 0 Å². The summed E-state index contributed by atoms with van der Waals surface area (Å²) in [6.07, 6.45) is 3.93. The van der Waals surface area contributed by atoms with Gasteiger partial charge in [0.2, 0.25) is 0 Å². The van der Waals surface area contributed by atoms with Crippen LogP contribution in [0.15, 0.2) is 24.3 Å². The Morgan fingerprint density at radius 2 is 2.00 bits per heavy atom. The van der Waals surface area contributed by atoms with Crippen LogP contribution < -0.4 is 0 Å². The Balaban J connectivity index is 1.85. The molecule has 2 saturated heterocycles. The maximum Gasteiger partial charge on any atom is 0.306 e. The number of nitrogens with zero attached hydrogens (tertiary/aromatic N) is 1. The summed E-state index contributed by atoms with van der Waals surface area (Å²) in [7, 11) is 0. The van der Waals surface area contributed by atoms with Crippen LogP contribution in [0.3, 0.4) is 0 Å². The standard InChI is InChI=1S/C18H23NO3/c1-3-12-4-6-13(7-5-12)16(20)19-15-8-9-18(19,2)11-14(10-15)17(21)22/h4-7,14-15H,3,8-11H2,1-2H3,(H,21,22). The first-order chi connectivity index (χ1) is 10.4. The number of aryl methyl sites for hydroxylation is 1. The molecule has 4 heteroatoms. The quantitative estimate of drug-likeness (QED) is 0.933. The monoisotopic (exact) mass is 301 g/mol. The van der Waals surface area contributed by atoms with Crippen LogP contribution in [0, 0.1) is 5.92 Å².